The number of fused-ring (bicyclic) bond motifs is 2. The summed E-state index contributed by atoms with van der Waals surface area (Å²) in [5.41, 5.74) is 2.84. The molecule has 0 saturated carbocycles. The molecule has 0 unspecified atom stereocenters. The molecule has 2 aromatic carbocycles. The van der Waals surface area contributed by atoms with Crippen LogP contribution >= 0.6 is 0 Å². The van der Waals surface area contributed by atoms with Crippen molar-refractivity contribution >= 4 is 37.4 Å². The van der Waals surface area contributed by atoms with E-state index in [9.17, 15) is 13.2 Å². The number of aromatic nitrogens is 1. The zero-order valence-corrected chi connectivity index (χ0v) is 18.3. The molecule has 29 heavy (non-hydrogen) atoms. The van der Waals surface area contributed by atoms with Crippen molar-refractivity contribution in [2.24, 2.45) is 0 Å². The number of sulfone groups is 1. The topological polar surface area (TPSA) is 64.1 Å². The van der Waals surface area contributed by atoms with E-state index in [0.717, 1.165) is 40.2 Å². The van der Waals surface area contributed by atoms with Crippen molar-refractivity contribution in [2.45, 2.75) is 57.6 Å². The zero-order chi connectivity index (χ0) is 21.1. The molecule has 0 bridgehead atoms. The number of pyridine rings is 1. The molecule has 0 aliphatic carbocycles. The number of hydrogen-bond donors (Lipinski definition) is 0. The van der Waals surface area contributed by atoms with Gasteiger partial charge in [0.1, 0.15) is 5.78 Å². The van der Waals surface area contributed by atoms with Gasteiger partial charge in [-0.1, -0.05) is 42.8 Å². The van der Waals surface area contributed by atoms with E-state index in [2.05, 4.69) is 0 Å². The maximum absolute atomic E-state index is 12.7. The molecule has 1 heterocycles. The van der Waals surface area contributed by atoms with Gasteiger partial charge < -0.3 is 0 Å². The lowest BCUT2D eigenvalue weighted by molar-refractivity contribution is -0.118. The van der Waals surface area contributed by atoms with E-state index < -0.39 is 14.6 Å². The SMILES string of the molecule is CC(C)(C)S(=O)(=O)CCCCCC(=O)Cc1c2ccccc2nc2ccccc12. The number of carbonyl (C=O) groups excluding carboxylic acids is 1. The summed E-state index contributed by atoms with van der Waals surface area (Å²) >= 11 is 0. The molecule has 5 heteroatoms. The molecule has 0 spiro atoms. The minimum absolute atomic E-state index is 0.185. The van der Waals surface area contributed by atoms with Crippen molar-refractivity contribution in [3.63, 3.8) is 0 Å². The van der Waals surface area contributed by atoms with Gasteiger partial charge in [0.2, 0.25) is 0 Å². The fourth-order valence-electron chi connectivity index (χ4n) is 3.50. The second-order valence-electron chi connectivity index (χ2n) is 8.58. The maximum Gasteiger partial charge on any atom is 0.155 e. The Labute approximate surface area is 173 Å². The number of unbranched alkanes of at least 4 members (excludes halogenated alkanes) is 2. The normalized spacial score (nSPS) is 12.5. The van der Waals surface area contributed by atoms with Gasteiger partial charge in [0.25, 0.3) is 0 Å². The van der Waals surface area contributed by atoms with Gasteiger partial charge in [-0.2, -0.15) is 0 Å². The Bertz CT molecular complexity index is 1070. The van der Waals surface area contributed by atoms with Gasteiger partial charge in [-0.15, -0.1) is 0 Å². The quantitative estimate of drug-likeness (QED) is 0.374. The molecule has 1 aromatic heterocycles. The summed E-state index contributed by atoms with van der Waals surface area (Å²) in [5.74, 6) is 0.370. The Morgan fingerprint density at radius 1 is 0.862 bits per heavy atom. The molecule has 0 aliphatic heterocycles. The van der Waals surface area contributed by atoms with Crippen LogP contribution in [-0.2, 0) is 21.1 Å². The van der Waals surface area contributed by atoms with Crippen LogP contribution in [0, 0.1) is 0 Å². The number of carbonyl (C=O) groups is 1. The van der Waals surface area contributed by atoms with Crippen molar-refractivity contribution in [3.05, 3.63) is 54.1 Å². The average Bonchev–Trinajstić information content (AvgIpc) is 2.66. The Balaban J connectivity index is 1.64. The van der Waals surface area contributed by atoms with Crippen LogP contribution in [-0.4, -0.2) is 29.7 Å². The minimum atomic E-state index is -3.09. The van der Waals surface area contributed by atoms with Crippen molar-refractivity contribution < 1.29 is 13.2 Å². The minimum Gasteiger partial charge on any atom is -0.299 e. The third-order valence-electron chi connectivity index (χ3n) is 5.37. The molecule has 0 fully saturated rings. The number of Topliss-reactive ketones (excluding diaryl/α,β-unsaturated/α-hetero) is 1. The van der Waals surface area contributed by atoms with E-state index in [-0.39, 0.29) is 11.5 Å². The third-order valence-corrected chi connectivity index (χ3v) is 8.07. The van der Waals surface area contributed by atoms with E-state index in [1.54, 1.807) is 20.8 Å². The first kappa shape index (κ1) is 21.4. The smallest absolute Gasteiger partial charge is 0.155 e. The highest BCUT2D eigenvalue weighted by Gasteiger charge is 2.27. The lowest BCUT2D eigenvalue weighted by Crippen LogP contribution is -2.30. The van der Waals surface area contributed by atoms with Gasteiger partial charge in [-0.3, -0.25) is 4.79 Å². The zero-order valence-electron chi connectivity index (χ0n) is 17.4. The van der Waals surface area contributed by atoms with Gasteiger partial charge in [0.05, 0.1) is 21.5 Å². The standard InChI is InChI=1S/C24H29NO3S/c1-24(2,3)29(27,28)16-10-4-5-11-18(26)17-21-19-12-6-8-14-22(19)25-23-15-9-7-13-20(21)23/h6-9,12-15H,4-5,10-11,16-17H2,1-3H3. The molecule has 0 amide bonds. The first-order valence-electron chi connectivity index (χ1n) is 10.2. The van der Waals surface area contributed by atoms with Crippen LogP contribution in [0.5, 0.6) is 0 Å². The van der Waals surface area contributed by atoms with E-state index in [4.69, 9.17) is 4.98 Å². The average molecular weight is 412 g/mol. The van der Waals surface area contributed by atoms with Crippen molar-refractivity contribution in [1.29, 1.82) is 0 Å². The van der Waals surface area contributed by atoms with Crippen LogP contribution in [0.1, 0.15) is 52.0 Å². The van der Waals surface area contributed by atoms with Crippen molar-refractivity contribution in [1.82, 2.24) is 4.98 Å². The van der Waals surface area contributed by atoms with E-state index in [1.807, 2.05) is 48.5 Å². The second-order valence-corrected chi connectivity index (χ2v) is 11.4. The second kappa shape index (κ2) is 8.62. The molecule has 0 radical (unpaired) electrons. The fourth-order valence-corrected chi connectivity index (χ4v) is 4.70. The van der Waals surface area contributed by atoms with Gasteiger partial charge in [-0.05, 0) is 51.3 Å². The summed E-state index contributed by atoms with van der Waals surface area (Å²) in [6.07, 6.45) is 2.93. The number of benzene rings is 2. The molecule has 154 valence electrons. The van der Waals surface area contributed by atoms with Crippen LogP contribution in [0.25, 0.3) is 21.8 Å². The van der Waals surface area contributed by atoms with Crippen LogP contribution in [0.2, 0.25) is 0 Å². The Morgan fingerprint density at radius 3 is 1.97 bits per heavy atom. The molecule has 0 aliphatic rings. The summed E-state index contributed by atoms with van der Waals surface area (Å²) in [7, 11) is -3.09. The van der Waals surface area contributed by atoms with E-state index >= 15 is 0 Å². The number of hydrogen-bond acceptors (Lipinski definition) is 4. The fraction of sp³-hybridized carbons (Fsp3) is 0.417. The summed E-state index contributed by atoms with van der Waals surface area (Å²) < 4.78 is 23.6. The lowest BCUT2D eigenvalue weighted by Gasteiger charge is -2.18. The van der Waals surface area contributed by atoms with Crippen LogP contribution in [0.15, 0.2) is 48.5 Å². The van der Waals surface area contributed by atoms with Crippen LogP contribution in [0.3, 0.4) is 0 Å². The van der Waals surface area contributed by atoms with Gasteiger partial charge >= 0.3 is 0 Å². The van der Waals surface area contributed by atoms with E-state index in [0.29, 0.717) is 19.3 Å². The summed E-state index contributed by atoms with van der Waals surface area (Å²) in [6.45, 7) is 5.19. The third kappa shape index (κ3) is 5.02. The monoisotopic (exact) mass is 411 g/mol. The molecular weight excluding hydrogens is 382 g/mol. The first-order valence-corrected chi connectivity index (χ1v) is 11.8. The predicted molar refractivity (Wildman–Crippen MR) is 120 cm³/mol. The lowest BCUT2D eigenvalue weighted by atomic mass is 9.96. The van der Waals surface area contributed by atoms with Gasteiger partial charge in [0, 0.05) is 23.6 Å². The first-order chi connectivity index (χ1) is 13.7. The summed E-state index contributed by atoms with van der Waals surface area (Å²) in [5, 5.41) is 2.05. The Morgan fingerprint density at radius 2 is 1.41 bits per heavy atom. The molecular formula is C24H29NO3S. The number of rotatable bonds is 8. The van der Waals surface area contributed by atoms with Crippen molar-refractivity contribution in [2.75, 3.05) is 5.75 Å². The molecule has 4 nitrogen and oxygen atoms in total. The predicted octanol–water partition coefficient (Wildman–Crippen LogP) is 5.27. The summed E-state index contributed by atoms with van der Waals surface area (Å²) in [4.78, 5) is 17.4. The molecule has 3 rings (SSSR count). The Kier molecular flexibility index (Phi) is 6.37. The largest absolute Gasteiger partial charge is 0.299 e. The molecule has 0 saturated heterocycles. The highest BCUT2D eigenvalue weighted by atomic mass is 32.2. The van der Waals surface area contributed by atoms with E-state index in [1.165, 1.54) is 0 Å². The molecule has 0 atom stereocenters. The molecule has 3 aromatic rings. The molecule has 0 N–H and O–H groups in total. The van der Waals surface area contributed by atoms with Crippen LogP contribution in [0.4, 0.5) is 0 Å². The number of ketones is 1. The Hall–Kier alpha value is -2.27. The maximum atomic E-state index is 12.7. The highest BCUT2D eigenvalue weighted by molar-refractivity contribution is 7.92. The summed E-state index contributed by atoms with van der Waals surface area (Å²) in [6, 6.07) is 15.9. The highest BCUT2D eigenvalue weighted by Crippen LogP contribution is 2.27. The van der Waals surface area contributed by atoms with Crippen molar-refractivity contribution in [3.8, 4) is 0 Å². The number of para-hydroxylation sites is 2. The number of nitrogens with zero attached hydrogens (tertiary/aromatic N) is 1. The van der Waals surface area contributed by atoms with Gasteiger partial charge in [-0.25, -0.2) is 13.4 Å². The van der Waals surface area contributed by atoms with Gasteiger partial charge in [0.15, 0.2) is 9.84 Å². The van der Waals surface area contributed by atoms with Crippen LogP contribution < -0.4 is 0 Å².